The number of nitrogen functional groups attached to an aromatic ring is 1. The zero-order valence-corrected chi connectivity index (χ0v) is 16.7. The van der Waals surface area contributed by atoms with Gasteiger partial charge in [0.2, 0.25) is 0 Å². The number of aromatic nitrogens is 4. The molecule has 1 fully saturated rings. The van der Waals surface area contributed by atoms with E-state index in [0.29, 0.717) is 6.61 Å². The van der Waals surface area contributed by atoms with Crippen molar-refractivity contribution < 1.29 is 4.74 Å². The number of morpholine rings is 1. The van der Waals surface area contributed by atoms with Crippen LogP contribution in [0, 0.1) is 0 Å². The van der Waals surface area contributed by atoms with Crippen LogP contribution in [0.4, 0.5) is 11.5 Å². The van der Waals surface area contributed by atoms with Crippen LogP contribution >= 0.6 is 0 Å². The van der Waals surface area contributed by atoms with Crippen LogP contribution in [0.25, 0.3) is 16.7 Å². The van der Waals surface area contributed by atoms with Gasteiger partial charge in [0.15, 0.2) is 0 Å². The molecule has 0 radical (unpaired) electrons. The number of hydrogen-bond acceptors (Lipinski definition) is 7. The van der Waals surface area contributed by atoms with Gasteiger partial charge in [-0.1, -0.05) is 12.6 Å². The van der Waals surface area contributed by atoms with Crippen molar-refractivity contribution in [2.75, 3.05) is 30.0 Å². The number of anilines is 2. The molecule has 3 N–H and O–H groups in total. The number of aryl methyl sites for hydroxylation is 1. The van der Waals surface area contributed by atoms with Crippen LogP contribution in [-0.4, -0.2) is 45.5 Å². The van der Waals surface area contributed by atoms with Gasteiger partial charge in [0.05, 0.1) is 30.3 Å². The molecule has 8 nitrogen and oxygen atoms in total. The minimum absolute atomic E-state index is 0.176. The number of ether oxygens (including phenoxy) is 1. The first-order valence-corrected chi connectivity index (χ1v) is 9.53. The van der Waals surface area contributed by atoms with E-state index in [1.54, 1.807) is 11.0 Å². The second-order valence-electron chi connectivity index (χ2n) is 7.17. The Balaban J connectivity index is 1.68. The Kier molecular flexibility index (Phi) is 5.28. The van der Waals surface area contributed by atoms with Gasteiger partial charge in [-0.25, -0.2) is 9.97 Å². The van der Waals surface area contributed by atoms with Crippen molar-refractivity contribution in [3.63, 3.8) is 0 Å². The van der Waals surface area contributed by atoms with Gasteiger partial charge in [-0.3, -0.25) is 10.5 Å². The lowest BCUT2D eigenvalue weighted by molar-refractivity contribution is 0.0529. The SMILES string of the molecule is C=C(c1cc(N2CCO[C@H](C)C2)ncn1)c1cc(-c2cnn(C)c2)ccc1NN. The number of nitrogens with zero attached hydrogens (tertiary/aromatic N) is 5. The summed E-state index contributed by atoms with van der Waals surface area (Å²) in [5.41, 5.74) is 8.01. The summed E-state index contributed by atoms with van der Waals surface area (Å²) in [6.07, 6.45) is 5.56. The van der Waals surface area contributed by atoms with Crippen molar-refractivity contribution in [3.05, 3.63) is 60.8 Å². The lowest BCUT2D eigenvalue weighted by atomic mass is 9.97. The zero-order valence-electron chi connectivity index (χ0n) is 16.7. The Bertz CT molecular complexity index is 1030. The highest BCUT2D eigenvalue weighted by Gasteiger charge is 2.19. The van der Waals surface area contributed by atoms with Gasteiger partial charge >= 0.3 is 0 Å². The highest BCUT2D eigenvalue weighted by Crippen LogP contribution is 2.32. The Labute approximate surface area is 170 Å². The largest absolute Gasteiger partial charge is 0.375 e. The predicted octanol–water partition coefficient (Wildman–Crippen LogP) is 2.45. The number of nitrogens with one attached hydrogen (secondary N) is 1. The van der Waals surface area contributed by atoms with E-state index in [1.165, 1.54) is 0 Å². The van der Waals surface area contributed by atoms with Crippen LogP contribution in [0.5, 0.6) is 0 Å². The predicted molar refractivity (Wildman–Crippen MR) is 114 cm³/mol. The average molecular weight is 391 g/mol. The Morgan fingerprint density at radius 1 is 1.28 bits per heavy atom. The minimum Gasteiger partial charge on any atom is -0.375 e. The number of benzene rings is 1. The maximum absolute atomic E-state index is 5.76. The third kappa shape index (κ3) is 3.98. The molecule has 8 heteroatoms. The van der Waals surface area contributed by atoms with E-state index in [1.807, 2.05) is 43.7 Å². The van der Waals surface area contributed by atoms with Crippen LogP contribution in [0.1, 0.15) is 18.2 Å². The summed E-state index contributed by atoms with van der Waals surface area (Å²) in [5, 5.41) is 4.26. The molecule has 0 aliphatic carbocycles. The van der Waals surface area contributed by atoms with Gasteiger partial charge in [0.25, 0.3) is 0 Å². The lowest BCUT2D eigenvalue weighted by Gasteiger charge is -2.32. The number of rotatable bonds is 5. The zero-order chi connectivity index (χ0) is 20.4. The Morgan fingerprint density at radius 2 is 2.14 bits per heavy atom. The van der Waals surface area contributed by atoms with E-state index in [2.05, 4.69) is 38.9 Å². The molecule has 4 rings (SSSR count). The highest BCUT2D eigenvalue weighted by atomic mass is 16.5. The molecule has 0 bridgehead atoms. The van der Waals surface area contributed by atoms with Crippen LogP contribution in [0.15, 0.2) is 49.6 Å². The van der Waals surface area contributed by atoms with Crippen LogP contribution in [-0.2, 0) is 11.8 Å². The molecular formula is C21H25N7O. The molecule has 1 aliphatic heterocycles. The Morgan fingerprint density at radius 3 is 2.86 bits per heavy atom. The maximum atomic E-state index is 5.76. The maximum Gasteiger partial charge on any atom is 0.132 e. The third-order valence-electron chi connectivity index (χ3n) is 5.07. The second-order valence-corrected chi connectivity index (χ2v) is 7.17. The summed E-state index contributed by atoms with van der Waals surface area (Å²) in [5.74, 6) is 6.63. The van der Waals surface area contributed by atoms with Gasteiger partial charge in [-0.15, -0.1) is 0 Å². The third-order valence-corrected chi connectivity index (χ3v) is 5.07. The van der Waals surface area contributed by atoms with Crippen LogP contribution < -0.4 is 16.2 Å². The fourth-order valence-corrected chi connectivity index (χ4v) is 3.52. The van der Waals surface area contributed by atoms with E-state index in [-0.39, 0.29) is 6.10 Å². The lowest BCUT2D eigenvalue weighted by Crippen LogP contribution is -2.41. The molecule has 2 aromatic heterocycles. The molecule has 0 saturated carbocycles. The molecule has 1 aromatic carbocycles. The molecule has 0 unspecified atom stereocenters. The average Bonchev–Trinajstić information content (AvgIpc) is 3.19. The molecule has 1 aliphatic rings. The highest BCUT2D eigenvalue weighted by molar-refractivity contribution is 5.86. The van der Waals surface area contributed by atoms with Crippen molar-refractivity contribution in [2.45, 2.75) is 13.0 Å². The van der Waals surface area contributed by atoms with Gasteiger partial charge in [0.1, 0.15) is 12.1 Å². The van der Waals surface area contributed by atoms with E-state index < -0.39 is 0 Å². The number of nitrogens with two attached hydrogens (primary N) is 1. The standard InChI is InChI=1S/C21H25N7O/c1-14-11-28(6-7-29-14)21-9-20(23-13-24-21)15(2)18-8-16(4-5-19(18)26-22)17-10-25-27(3)12-17/h4-5,8-10,12-14,26H,2,6-7,11,22H2,1,3H3/t14-/m1/s1. The molecule has 150 valence electrons. The second kappa shape index (κ2) is 8.02. The first-order chi connectivity index (χ1) is 14.0. The van der Waals surface area contributed by atoms with E-state index in [9.17, 15) is 0 Å². The van der Waals surface area contributed by atoms with E-state index in [0.717, 1.165) is 52.6 Å². The number of hydrazine groups is 1. The monoisotopic (exact) mass is 391 g/mol. The first kappa shape index (κ1) is 19.1. The van der Waals surface area contributed by atoms with Crippen LogP contribution in [0.2, 0.25) is 0 Å². The van der Waals surface area contributed by atoms with Crippen molar-refractivity contribution >= 4 is 17.1 Å². The molecule has 3 aromatic rings. The van der Waals surface area contributed by atoms with E-state index >= 15 is 0 Å². The minimum atomic E-state index is 0.176. The quantitative estimate of drug-likeness (QED) is 0.510. The molecular weight excluding hydrogens is 366 g/mol. The van der Waals surface area contributed by atoms with Crippen molar-refractivity contribution in [1.82, 2.24) is 19.7 Å². The van der Waals surface area contributed by atoms with Crippen molar-refractivity contribution in [2.24, 2.45) is 12.9 Å². The topological polar surface area (TPSA) is 94.1 Å². The smallest absolute Gasteiger partial charge is 0.132 e. The summed E-state index contributed by atoms with van der Waals surface area (Å²) in [6.45, 7) is 8.66. The summed E-state index contributed by atoms with van der Waals surface area (Å²) < 4.78 is 7.41. The summed E-state index contributed by atoms with van der Waals surface area (Å²) in [4.78, 5) is 11.1. The van der Waals surface area contributed by atoms with Crippen molar-refractivity contribution in [3.8, 4) is 11.1 Å². The van der Waals surface area contributed by atoms with Crippen molar-refractivity contribution in [1.29, 1.82) is 0 Å². The normalized spacial score (nSPS) is 16.7. The van der Waals surface area contributed by atoms with Gasteiger partial charge in [0, 0.05) is 49.1 Å². The summed E-state index contributed by atoms with van der Waals surface area (Å²) in [7, 11) is 1.90. The van der Waals surface area contributed by atoms with Crippen LogP contribution in [0.3, 0.4) is 0 Å². The number of hydrogen-bond donors (Lipinski definition) is 2. The molecule has 1 saturated heterocycles. The van der Waals surface area contributed by atoms with E-state index in [4.69, 9.17) is 10.6 Å². The summed E-state index contributed by atoms with van der Waals surface area (Å²) in [6, 6.07) is 7.96. The molecule has 29 heavy (non-hydrogen) atoms. The van der Waals surface area contributed by atoms with Gasteiger partial charge < -0.3 is 15.1 Å². The Hall–Kier alpha value is -3.23. The summed E-state index contributed by atoms with van der Waals surface area (Å²) >= 11 is 0. The molecule has 3 heterocycles. The molecule has 1 atom stereocenters. The molecule has 0 amide bonds. The fraction of sp³-hybridized carbons (Fsp3) is 0.286. The van der Waals surface area contributed by atoms with Gasteiger partial charge in [-0.2, -0.15) is 5.10 Å². The first-order valence-electron chi connectivity index (χ1n) is 9.53. The fourth-order valence-electron chi connectivity index (χ4n) is 3.52. The van der Waals surface area contributed by atoms with Gasteiger partial charge in [-0.05, 0) is 24.6 Å². The molecule has 0 spiro atoms.